The standard InChI is InChI=1S/C18H14ClN5OS2/c1-9-14(11-5-7-20-8-6-11)23-24-16(9)22-17(25)15-10(2)21-18(27-15)12-3-4-13(19)26-12/h3-8H,1-2H3,(H2,22,23,24,25). The number of nitrogens with one attached hydrogen (secondary N) is 2. The van der Waals surface area contributed by atoms with E-state index in [2.05, 4.69) is 25.5 Å². The lowest BCUT2D eigenvalue weighted by atomic mass is 10.1. The summed E-state index contributed by atoms with van der Waals surface area (Å²) in [6.07, 6.45) is 3.43. The molecule has 0 unspecified atom stereocenters. The van der Waals surface area contributed by atoms with Gasteiger partial charge in [0.1, 0.15) is 9.88 Å². The van der Waals surface area contributed by atoms with Crippen molar-refractivity contribution in [3.8, 4) is 21.1 Å². The average molecular weight is 416 g/mol. The summed E-state index contributed by atoms with van der Waals surface area (Å²) in [5, 5.41) is 10.9. The number of hydrogen-bond acceptors (Lipinski definition) is 6. The van der Waals surface area contributed by atoms with Crippen LogP contribution in [0.25, 0.3) is 21.1 Å². The van der Waals surface area contributed by atoms with E-state index in [4.69, 9.17) is 11.6 Å². The number of amides is 1. The number of anilines is 1. The summed E-state index contributed by atoms with van der Waals surface area (Å²) < 4.78 is 0.694. The second-order valence-electron chi connectivity index (χ2n) is 5.80. The number of nitrogens with zero attached hydrogens (tertiary/aromatic N) is 3. The summed E-state index contributed by atoms with van der Waals surface area (Å²) in [7, 11) is 0. The molecule has 0 aliphatic rings. The van der Waals surface area contributed by atoms with Crippen LogP contribution in [0.4, 0.5) is 5.82 Å². The van der Waals surface area contributed by atoms with Crippen LogP contribution in [0.3, 0.4) is 0 Å². The number of aromatic nitrogens is 4. The number of H-pyrrole nitrogens is 1. The summed E-state index contributed by atoms with van der Waals surface area (Å²) in [5.74, 6) is 0.273. The lowest BCUT2D eigenvalue weighted by Crippen LogP contribution is -2.12. The van der Waals surface area contributed by atoms with E-state index < -0.39 is 0 Å². The average Bonchev–Trinajstić information content (AvgIpc) is 3.35. The molecule has 6 nitrogen and oxygen atoms in total. The summed E-state index contributed by atoms with van der Waals surface area (Å²) in [5.41, 5.74) is 3.35. The molecule has 0 spiro atoms. The molecule has 0 saturated carbocycles. The number of hydrogen-bond donors (Lipinski definition) is 2. The molecule has 0 saturated heterocycles. The Kier molecular flexibility index (Phi) is 4.77. The van der Waals surface area contributed by atoms with Gasteiger partial charge >= 0.3 is 0 Å². The van der Waals surface area contributed by atoms with Gasteiger partial charge < -0.3 is 5.32 Å². The Morgan fingerprint density at radius 3 is 2.63 bits per heavy atom. The number of pyridine rings is 1. The maximum atomic E-state index is 12.8. The molecule has 4 aromatic rings. The van der Waals surface area contributed by atoms with Crippen LogP contribution >= 0.6 is 34.3 Å². The Morgan fingerprint density at radius 2 is 1.93 bits per heavy atom. The van der Waals surface area contributed by atoms with E-state index in [9.17, 15) is 4.79 Å². The number of thiophene rings is 1. The van der Waals surface area contributed by atoms with Crippen molar-refractivity contribution in [2.75, 3.05) is 5.32 Å². The second kappa shape index (κ2) is 7.22. The van der Waals surface area contributed by atoms with Gasteiger partial charge in [0.05, 0.1) is 20.6 Å². The van der Waals surface area contributed by atoms with Crippen LogP contribution in [0, 0.1) is 13.8 Å². The van der Waals surface area contributed by atoms with E-state index in [-0.39, 0.29) is 5.91 Å². The van der Waals surface area contributed by atoms with Crippen molar-refractivity contribution >= 4 is 46.0 Å². The molecule has 0 fully saturated rings. The lowest BCUT2D eigenvalue weighted by molar-refractivity contribution is 0.102. The van der Waals surface area contributed by atoms with Crippen molar-refractivity contribution in [3.63, 3.8) is 0 Å². The molecule has 4 aromatic heterocycles. The van der Waals surface area contributed by atoms with Crippen LogP contribution in [0.15, 0.2) is 36.7 Å². The van der Waals surface area contributed by atoms with E-state index in [1.54, 1.807) is 12.4 Å². The first-order chi connectivity index (χ1) is 13.0. The lowest BCUT2D eigenvalue weighted by Gasteiger charge is -2.02. The zero-order valence-electron chi connectivity index (χ0n) is 14.4. The van der Waals surface area contributed by atoms with E-state index in [1.807, 2.05) is 38.1 Å². The van der Waals surface area contributed by atoms with Crippen molar-refractivity contribution in [3.05, 3.63) is 57.1 Å². The SMILES string of the molecule is Cc1nc(-c2ccc(Cl)s2)sc1C(=O)Nc1n[nH]c(-c2ccncc2)c1C. The molecule has 0 bridgehead atoms. The quantitative estimate of drug-likeness (QED) is 0.481. The summed E-state index contributed by atoms with van der Waals surface area (Å²) >= 11 is 8.78. The van der Waals surface area contributed by atoms with Gasteiger partial charge in [-0.2, -0.15) is 5.10 Å². The fourth-order valence-corrected chi connectivity index (χ4v) is 4.68. The molecule has 4 heterocycles. The Labute approximate surface area is 168 Å². The second-order valence-corrected chi connectivity index (χ2v) is 8.51. The van der Waals surface area contributed by atoms with E-state index in [0.717, 1.165) is 26.7 Å². The van der Waals surface area contributed by atoms with Crippen molar-refractivity contribution in [2.24, 2.45) is 0 Å². The monoisotopic (exact) mass is 415 g/mol. The third-order valence-electron chi connectivity index (χ3n) is 4.00. The number of carbonyl (C=O) groups excluding carboxylic acids is 1. The van der Waals surface area contributed by atoms with Gasteiger partial charge in [-0.25, -0.2) is 4.98 Å². The van der Waals surface area contributed by atoms with Gasteiger partial charge in [-0.3, -0.25) is 14.9 Å². The van der Waals surface area contributed by atoms with Gasteiger partial charge in [-0.05, 0) is 38.1 Å². The van der Waals surface area contributed by atoms with E-state index >= 15 is 0 Å². The third-order valence-corrected chi connectivity index (χ3v) is 6.55. The zero-order valence-corrected chi connectivity index (χ0v) is 16.8. The molecule has 2 N–H and O–H groups in total. The van der Waals surface area contributed by atoms with E-state index in [1.165, 1.54) is 22.7 Å². The molecular formula is C18H14ClN5OS2. The molecule has 0 aliphatic heterocycles. The van der Waals surface area contributed by atoms with Crippen LogP contribution in [0.2, 0.25) is 4.34 Å². The van der Waals surface area contributed by atoms with Crippen molar-refractivity contribution in [2.45, 2.75) is 13.8 Å². The number of carbonyl (C=O) groups is 1. The number of aromatic amines is 1. The minimum Gasteiger partial charge on any atom is -0.304 e. The van der Waals surface area contributed by atoms with Gasteiger partial charge in [-0.15, -0.1) is 22.7 Å². The minimum atomic E-state index is -0.227. The Bertz CT molecular complexity index is 1120. The minimum absolute atomic E-state index is 0.227. The first-order valence-corrected chi connectivity index (χ1v) is 10.0. The smallest absolute Gasteiger partial charge is 0.268 e. The fraction of sp³-hybridized carbons (Fsp3) is 0.111. The number of thiazole rings is 1. The third kappa shape index (κ3) is 3.51. The summed E-state index contributed by atoms with van der Waals surface area (Å²) in [6.45, 7) is 3.73. The van der Waals surface area contributed by atoms with Crippen LogP contribution in [0.5, 0.6) is 0 Å². The Balaban J connectivity index is 1.58. The molecule has 0 radical (unpaired) electrons. The van der Waals surface area contributed by atoms with Crippen LogP contribution in [0.1, 0.15) is 20.9 Å². The number of halogens is 1. The summed E-state index contributed by atoms with van der Waals surface area (Å²) in [6, 6.07) is 7.51. The topological polar surface area (TPSA) is 83.6 Å². The Hall–Kier alpha value is -2.55. The predicted molar refractivity (Wildman–Crippen MR) is 110 cm³/mol. The molecule has 0 aliphatic carbocycles. The first kappa shape index (κ1) is 17.8. The molecule has 0 aromatic carbocycles. The molecule has 27 heavy (non-hydrogen) atoms. The fourth-order valence-electron chi connectivity index (χ4n) is 2.63. The van der Waals surface area contributed by atoms with Gasteiger partial charge in [0, 0.05) is 23.5 Å². The molecule has 0 atom stereocenters. The highest BCUT2D eigenvalue weighted by molar-refractivity contribution is 7.24. The predicted octanol–water partition coefficient (Wildman–Crippen LogP) is 5.18. The highest BCUT2D eigenvalue weighted by atomic mass is 35.5. The molecule has 9 heteroatoms. The normalized spacial score (nSPS) is 10.9. The number of rotatable bonds is 4. The highest BCUT2D eigenvalue weighted by Gasteiger charge is 2.20. The van der Waals surface area contributed by atoms with Crippen LogP contribution < -0.4 is 5.32 Å². The maximum Gasteiger partial charge on any atom is 0.268 e. The van der Waals surface area contributed by atoms with Gasteiger partial charge in [0.2, 0.25) is 0 Å². The number of aryl methyl sites for hydroxylation is 1. The van der Waals surface area contributed by atoms with Gasteiger partial charge in [0.25, 0.3) is 5.91 Å². The van der Waals surface area contributed by atoms with Crippen molar-refractivity contribution in [1.82, 2.24) is 20.2 Å². The first-order valence-electron chi connectivity index (χ1n) is 8.03. The van der Waals surface area contributed by atoms with Crippen molar-refractivity contribution in [1.29, 1.82) is 0 Å². The molecule has 136 valence electrons. The molecule has 4 rings (SSSR count). The Morgan fingerprint density at radius 1 is 1.15 bits per heavy atom. The summed E-state index contributed by atoms with van der Waals surface area (Å²) in [4.78, 5) is 22.8. The largest absolute Gasteiger partial charge is 0.304 e. The zero-order chi connectivity index (χ0) is 19.0. The highest BCUT2D eigenvalue weighted by Crippen LogP contribution is 2.35. The maximum absolute atomic E-state index is 12.8. The molecule has 1 amide bonds. The van der Waals surface area contributed by atoms with Gasteiger partial charge in [0.15, 0.2) is 5.82 Å². The van der Waals surface area contributed by atoms with Gasteiger partial charge in [-0.1, -0.05) is 11.6 Å². The van der Waals surface area contributed by atoms with Crippen LogP contribution in [-0.4, -0.2) is 26.1 Å². The van der Waals surface area contributed by atoms with E-state index in [0.29, 0.717) is 20.7 Å². The van der Waals surface area contributed by atoms with Crippen LogP contribution in [-0.2, 0) is 0 Å². The molecular weight excluding hydrogens is 402 g/mol. The van der Waals surface area contributed by atoms with Crippen molar-refractivity contribution < 1.29 is 4.79 Å².